The third-order valence-corrected chi connectivity index (χ3v) is 4.82. The summed E-state index contributed by atoms with van der Waals surface area (Å²) in [5.41, 5.74) is 2.57. The molecule has 4 unspecified atom stereocenters. The van der Waals surface area contributed by atoms with Crippen LogP contribution in [0.4, 0.5) is 0 Å². The lowest BCUT2D eigenvalue weighted by Crippen LogP contribution is -2.24. The Morgan fingerprint density at radius 1 is 1.18 bits per heavy atom. The van der Waals surface area contributed by atoms with Gasteiger partial charge in [-0.15, -0.1) is 0 Å². The monoisotopic (exact) mass is 230 g/mol. The third kappa shape index (κ3) is 2.01. The van der Waals surface area contributed by atoms with E-state index in [1.54, 1.807) is 0 Å². The van der Waals surface area contributed by atoms with Crippen LogP contribution in [0.1, 0.15) is 49.8 Å². The first-order valence-corrected chi connectivity index (χ1v) is 7.01. The van der Waals surface area contributed by atoms with E-state index in [1.807, 2.05) is 6.07 Å². The summed E-state index contributed by atoms with van der Waals surface area (Å²) in [5, 5.41) is 10.5. The maximum atomic E-state index is 10.5. The second-order valence-corrected chi connectivity index (χ2v) is 6.04. The quantitative estimate of drug-likeness (QED) is 0.779. The molecule has 0 saturated heterocycles. The lowest BCUT2D eigenvalue weighted by atomic mass is 9.74. The van der Waals surface area contributed by atoms with Crippen LogP contribution < -0.4 is 0 Å². The smallest absolute Gasteiger partial charge is 0.0826 e. The Morgan fingerprint density at radius 3 is 2.76 bits per heavy atom. The molecule has 3 rings (SSSR count). The van der Waals surface area contributed by atoms with Crippen molar-refractivity contribution in [2.75, 3.05) is 0 Å². The Hall–Kier alpha value is -0.820. The molecule has 0 aliphatic heterocycles. The number of benzene rings is 1. The summed E-state index contributed by atoms with van der Waals surface area (Å²) in [7, 11) is 0. The third-order valence-electron chi connectivity index (χ3n) is 4.82. The van der Waals surface area contributed by atoms with Crippen molar-refractivity contribution in [3.05, 3.63) is 35.4 Å². The highest BCUT2D eigenvalue weighted by Gasteiger charge is 2.37. The van der Waals surface area contributed by atoms with E-state index in [-0.39, 0.29) is 6.10 Å². The van der Waals surface area contributed by atoms with Crippen molar-refractivity contribution in [3.8, 4) is 0 Å². The van der Waals surface area contributed by atoms with E-state index >= 15 is 0 Å². The van der Waals surface area contributed by atoms with Crippen molar-refractivity contribution in [1.29, 1.82) is 0 Å². The van der Waals surface area contributed by atoms with E-state index in [2.05, 4.69) is 25.1 Å². The van der Waals surface area contributed by atoms with Crippen molar-refractivity contribution in [1.82, 2.24) is 0 Å². The molecule has 92 valence electrons. The first-order valence-electron chi connectivity index (χ1n) is 7.01. The Kier molecular flexibility index (Phi) is 2.96. The molecule has 0 bridgehead atoms. The summed E-state index contributed by atoms with van der Waals surface area (Å²) < 4.78 is 0. The molecule has 2 aliphatic carbocycles. The van der Waals surface area contributed by atoms with Crippen LogP contribution in [0.2, 0.25) is 0 Å². The van der Waals surface area contributed by atoms with Crippen LogP contribution in [0.15, 0.2) is 24.3 Å². The highest BCUT2D eigenvalue weighted by atomic mass is 16.3. The van der Waals surface area contributed by atoms with E-state index < -0.39 is 0 Å². The summed E-state index contributed by atoms with van der Waals surface area (Å²) in [5.74, 6) is 2.07. The molecule has 1 nitrogen and oxygen atoms in total. The largest absolute Gasteiger partial charge is 0.388 e. The predicted molar refractivity (Wildman–Crippen MR) is 69.7 cm³/mol. The molecule has 1 aromatic carbocycles. The van der Waals surface area contributed by atoms with Crippen molar-refractivity contribution in [2.45, 2.75) is 45.1 Å². The normalized spacial score (nSPS) is 36.8. The number of aliphatic hydroxyl groups excluding tert-OH is 1. The van der Waals surface area contributed by atoms with Gasteiger partial charge in [-0.1, -0.05) is 50.5 Å². The second kappa shape index (κ2) is 4.45. The summed E-state index contributed by atoms with van der Waals surface area (Å²) >= 11 is 0. The molecule has 0 radical (unpaired) electrons. The standard InChI is InChI=1S/C16H22O/c1-11-5-4-7-12(9-11)15-10-13-6-2-3-8-14(13)16(15)17/h2-3,6,8,11-12,15-17H,4-5,7,9-10H2,1H3. The molecule has 1 heteroatoms. The van der Waals surface area contributed by atoms with Gasteiger partial charge in [-0.05, 0) is 41.7 Å². The van der Waals surface area contributed by atoms with Crippen LogP contribution >= 0.6 is 0 Å². The molecule has 1 fully saturated rings. The van der Waals surface area contributed by atoms with Crippen molar-refractivity contribution >= 4 is 0 Å². The molecular formula is C16H22O. The number of aliphatic hydroxyl groups is 1. The van der Waals surface area contributed by atoms with Gasteiger partial charge >= 0.3 is 0 Å². The van der Waals surface area contributed by atoms with E-state index in [0.717, 1.165) is 18.3 Å². The Labute approximate surface area is 104 Å². The highest BCUT2D eigenvalue weighted by molar-refractivity contribution is 5.34. The molecule has 1 aromatic rings. The van der Waals surface area contributed by atoms with Gasteiger partial charge in [-0.25, -0.2) is 0 Å². The van der Waals surface area contributed by atoms with Crippen LogP contribution in [0.3, 0.4) is 0 Å². The van der Waals surface area contributed by atoms with Gasteiger partial charge < -0.3 is 5.11 Å². The van der Waals surface area contributed by atoms with Crippen LogP contribution in [0.5, 0.6) is 0 Å². The van der Waals surface area contributed by atoms with Crippen LogP contribution in [0.25, 0.3) is 0 Å². The number of fused-ring (bicyclic) bond motifs is 1. The van der Waals surface area contributed by atoms with Crippen LogP contribution in [0, 0.1) is 17.8 Å². The first-order chi connectivity index (χ1) is 8.25. The van der Waals surface area contributed by atoms with Crippen LogP contribution in [-0.2, 0) is 6.42 Å². The lowest BCUT2D eigenvalue weighted by molar-refractivity contribution is 0.0633. The fraction of sp³-hybridized carbons (Fsp3) is 0.625. The second-order valence-electron chi connectivity index (χ2n) is 6.04. The highest BCUT2D eigenvalue weighted by Crippen LogP contribution is 2.45. The van der Waals surface area contributed by atoms with E-state index in [9.17, 15) is 5.11 Å². The Morgan fingerprint density at radius 2 is 2.00 bits per heavy atom. The average molecular weight is 230 g/mol. The maximum absolute atomic E-state index is 10.5. The zero-order valence-electron chi connectivity index (χ0n) is 10.6. The molecule has 2 aliphatic rings. The van der Waals surface area contributed by atoms with Gasteiger partial charge in [0, 0.05) is 0 Å². The van der Waals surface area contributed by atoms with Gasteiger partial charge in [-0.2, -0.15) is 0 Å². The fourth-order valence-corrected chi connectivity index (χ4v) is 3.90. The van der Waals surface area contributed by atoms with Gasteiger partial charge in [0.05, 0.1) is 6.10 Å². The summed E-state index contributed by atoms with van der Waals surface area (Å²) in [6, 6.07) is 8.43. The molecule has 1 N–H and O–H groups in total. The minimum atomic E-state index is -0.207. The first kappa shape index (κ1) is 11.3. The van der Waals surface area contributed by atoms with Crippen LogP contribution in [-0.4, -0.2) is 5.11 Å². The summed E-state index contributed by atoms with van der Waals surface area (Å²) in [4.78, 5) is 0. The van der Waals surface area contributed by atoms with Crippen molar-refractivity contribution < 1.29 is 5.11 Å². The van der Waals surface area contributed by atoms with E-state index in [0.29, 0.717) is 5.92 Å². The minimum absolute atomic E-state index is 0.207. The predicted octanol–water partition coefficient (Wildman–Crippen LogP) is 3.72. The molecule has 4 atom stereocenters. The van der Waals surface area contributed by atoms with Crippen molar-refractivity contribution in [3.63, 3.8) is 0 Å². The van der Waals surface area contributed by atoms with Gasteiger partial charge in [-0.3, -0.25) is 0 Å². The minimum Gasteiger partial charge on any atom is -0.388 e. The Bertz CT molecular complexity index is 398. The average Bonchev–Trinajstić information content (AvgIpc) is 2.68. The zero-order chi connectivity index (χ0) is 11.8. The summed E-state index contributed by atoms with van der Waals surface area (Å²) in [6.45, 7) is 2.36. The molecule has 0 heterocycles. The van der Waals surface area contributed by atoms with Gasteiger partial charge in [0.2, 0.25) is 0 Å². The molecule has 0 amide bonds. The molecule has 0 aromatic heterocycles. The molecule has 0 spiro atoms. The SMILES string of the molecule is CC1CCCC(C2Cc3ccccc3C2O)C1. The molecule has 1 saturated carbocycles. The molecular weight excluding hydrogens is 208 g/mol. The summed E-state index contributed by atoms with van der Waals surface area (Å²) in [6.07, 6.45) is 6.25. The maximum Gasteiger partial charge on any atom is 0.0826 e. The van der Waals surface area contributed by atoms with Crippen molar-refractivity contribution in [2.24, 2.45) is 17.8 Å². The van der Waals surface area contributed by atoms with Gasteiger partial charge in [0.25, 0.3) is 0 Å². The van der Waals surface area contributed by atoms with Gasteiger partial charge in [0.15, 0.2) is 0 Å². The fourth-order valence-electron chi connectivity index (χ4n) is 3.90. The molecule has 17 heavy (non-hydrogen) atoms. The lowest BCUT2D eigenvalue weighted by Gasteiger charge is -2.32. The zero-order valence-corrected chi connectivity index (χ0v) is 10.6. The topological polar surface area (TPSA) is 20.2 Å². The number of hydrogen-bond donors (Lipinski definition) is 1. The number of hydrogen-bond acceptors (Lipinski definition) is 1. The van der Waals surface area contributed by atoms with E-state index in [4.69, 9.17) is 0 Å². The van der Waals surface area contributed by atoms with Gasteiger partial charge in [0.1, 0.15) is 0 Å². The Balaban J connectivity index is 1.79. The van der Waals surface area contributed by atoms with E-state index in [1.165, 1.54) is 36.8 Å². The number of rotatable bonds is 1.